The Morgan fingerprint density at radius 3 is 2.72 bits per heavy atom. The van der Waals surface area contributed by atoms with Gasteiger partial charge in [-0.1, -0.05) is 20.8 Å². The summed E-state index contributed by atoms with van der Waals surface area (Å²) in [5, 5.41) is 2.59. The molecular formula is C22H28N2O5. The van der Waals surface area contributed by atoms with Gasteiger partial charge in [0, 0.05) is 17.3 Å². The fraction of sp³-hybridized carbons (Fsp3) is 0.455. The maximum atomic E-state index is 11.5. The van der Waals surface area contributed by atoms with Gasteiger partial charge < -0.3 is 18.9 Å². The number of carbonyl (C=O) groups is 1. The van der Waals surface area contributed by atoms with Crippen LogP contribution in [0.2, 0.25) is 0 Å². The van der Waals surface area contributed by atoms with Gasteiger partial charge in [0.15, 0.2) is 11.5 Å². The van der Waals surface area contributed by atoms with Gasteiger partial charge in [-0.15, -0.1) is 0 Å². The van der Waals surface area contributed by atoms with Gasteiger partial charge in [-0.3, -0.25) is 5.32 Å². The van der Waals surface area contributed by atoms with Crippen molar-refractivity contribution in [3.8, 4) is 28.4 Å². The first-order valence-corrected chi connectivity index (χ1v) is 9.73. The van der Waals surface area contributed by atoms with Gasteiger partial charge in [-0.2, -0.15) is 0 Å². The lowest BCUT2D eigenvalue weighted by Crippen LogP contribution is -2.14. The molecule has 1 atom stereocenters. The molecule has 156 valence electrons. The fourth-order valence-electron chi connectivity index (χ4n) is 3.54. The zero-order valence-electron chi connectivity index (χ0n) is 17.6. The van der Waals surface area contributed by atoms with Crippen LogP contribution in [0, 0.1) is 11.8 Å². The van der Waals surface area contributed by atoms with Crippen LogP contribution in [-0.2, 0) is 11.3 Å². The van der Waals surface area contributed by atoms with Crippen LogP contribution < -0.4 is 19.5 Å². The van der Waals surface area contributed by atoms with Crippen LogP contribution in [-0.4, -0.2) is 31.9 Å². The summed E-state index contributed by atoms with van der Waals surface area (Å²) in [6, 6.07) is 5.64. The first-order valence-electron chi connectivity index (χ1n) is 9.73. The van der Waals surface area contributed by atoms with Crippen LogP contribution in [0.4, 0.5) is 10.6 Å². The van der Waals surface area contributed by atoms with Crippen LogP contribution >= 0.6 is 0 Å². The molecule has 29 heavy (non-hydrogen) atoms. The summed E-state index contributed by atoms with van der Waals surface area (Å²) in [7, 11) is 2.92. The molecule has 1 N–H and O–H groups in total. The van der Waals surface area contributed by atoms with Crippen molar-refractivity contribution in [3.05, 3.63) is 30.0 Å². The SMILES string of the molecule is COC(=O)Nc1cc2c(cn1)COc1c-2ccc(OCC(C)CC(C)C)c1OC. The van der Waals surface area contributed by atoms with E-state index in [0.29, 0.717) is 48.1 Å². The molecule has 0 radical (unpaired) electrons. The lowest BCUT2D eigenvalue weighted by Gasteiger charge is -2.24. The second-order valence-electron chi connectivity index (χ2n) is 7.65. The minimum absolute atomic E-state index is 0.359. The number of ether oxygens (including phenoxy) is 4. The van der Waals surface area contributed by atoms with E-state index in [0.717, 1.165) is 23.1 Å². The van der Waals surface area contributed by atoms with Gasteiger partial charge in [0.25, 0.3) is 0 Å². The van der Waals surface area contributed by atoms with E-state index in [1.54, 1.807) is 19.4 Å². The number of fused-ring (bicyclic) bond motifs is 3. The largest absolute Gasteiger partial charge is 0.490 e. The smallest absolute Gasteiger partial charge is 0.412 e. The number of aromatic nitrogens is 1. The molecule has 0 fully saturated rings. The molecule has 3 rings (SSSR count). The van der Waals surface area contributed by atoms with Gasteiger partial charge in [0.2, 0.25) is 5.75 Å². The van der Waals surface area contributed by atoms with Crippen LogP contribution in [0.15, 0.2) is 24.4 Å². The summed E-state index contributed by atoms with van der Waals surface area (Å²) in [6.07, 6.45) is 2.22. The monoisotopic (exact) mass is 400 g/mol. The first kappa shape index (κ1) is 20.8. The number of hydrogen-bond acceptors (Lipinski definition) is 6. The highest BCUT2D eigenvalue weighted by molar-refractivity contribution is 5.86. The van der Waals surface area contributed by atoms with E-state index in [-0.39, 0.29) is 0 Å². The number of pyridine rings is 1. The quantitative estimate of drug-likeness (QED) is 0.713. The average Bonchev–Trinajstić information content (AvgIpc) is 2.70. The van der Waals surface area contributed by atoms with Crippen molar-refractivity contribution in [1.29, 1.82) is 0 Å². The second-order valence-corrected chi connectivity index (χ2v) is 7.65. The summed E-state index contributed by atoms with van der Waals surface area (Å²) in [6.45, 7) is 7.57. The summed E-state index contributed by atoms with van der Waals surface area (Å²) in [5.74, 6) is 3.33. The molecule has 2 aromatic rings. The predicted molar refractivity (Wildman–Crippen MR) is 111 cm³/mol. The predicted octanol–water partition coefficient (Wildman–Crippen LogP) is 4.89. The molecule has 0 spiro atoms. The zero-order valence-corrected chi connectivity index (χ0v) is 17.6. The topological polar surface area (TPSA) is 78.9 Å². The molecule has 0 saturated heterocycles. The standard InChI is InChI=1S/C22H28N2O5/c1-13(2)8-14(3)11-28-18-7-6-16-17-9-19(24-22(25)27-5)23-10-15(17)12-29-20(16)21(18)26-4/h6-7,9-10,13-14H,8,11-12H2,1-5H3,(H,23,24,25). The van der Waals surface area contributed by atoms with Crippen molar-refractivity contribution in [2.45, 2.75) is 33.8 Å². The summed E-state index contributed by atoms with van der Waals surface area (Å²) >= 11 is 0. The Balaban J connectivity index is 1.89. The van der Waals surface area contributed by atoms with E-state index in [9.17, 15) is 4.79 Å². The number of benzene rings is 1. The molecule has 7 heteroatoms. The van der Waals surface area contributed by atoms with E-state index in [1.807, 2.05) is 12.1 Å². The van der Waals surface area contributed by atoms with E-state index in [1.165, 1.54) is 7.11 Å². The number of methoxy groups -OCH3 is 2. The van der Waals surface area contributed by atoms with Crippen LogP contribution in [0.1, 0.15) is 32.8 Å². The summed E-state index contributed by atoms with van der Waals surface area (Å²) in [4.78, 5) is 15.7. The third-order valence-corrected chi connectivity index (χ3v) is 4.74. The Bertz CT molecular complexity index is 882. The molecule has 1 aromatic heterocycles. The Hall–Kier alpha value is -2.96. The summed E-state index contributed by atoms with van der Waals surface area (Å²) in [5.41, 5.74) is 2.71. The van der Waals surface area contributed by atoms with Crippen molar-refractivity contribution in [3.63, 3.8) is 0 Å². The van der Waals surface area contributed by atoms with Gasteiger partial charge in [-0.05, 0) is 42.0 Å². The van der Waals surface area contributed by atoms with E-state index < -0.39 is 6.09 Å². The Morgan fingerprint density at radius 2 is 2.03 bits per heavy atom. The molecule has 1 aromatic carbocycles. The molecule has 1 aliphatic heterocycles. The van der Waals surface area contributed by atoms with E-state index >= 15 is 0 Å². The maximum absolute atomic E-state index is 11.5. The highest BCUT2D eigenvalue weighted by atomic mass is 16.5. The third kappa shape index (κ3) is 4.72. The van der Waals surface area contributed by atoms with Crippen LogP contribution in [0.5, 0.6) is 17.2 Å². The van der Waals surface area contributed by atoms with Gasteiger partial charge >= 0.3 is 6.09 Å². The maximum Gasteiger partial charge on any atom is 0.412 e. The molecule has 2 heterocycles. The average molecular weight is 400 g/mol. The molecule has 1 unspecified atom stereocenters. The highest BCUT2D eigenvalue weighted by Crippen LogP contribution is 2.48. The Morgan fingerprint density at radius 1 is 1.24 bits per heavy atom. The number of rotatable bonds is 7. The van der Waals surface area contributed by atoms with Crippen molar-refractivity contribution < 1.29 is 23.7 Å². The molecule has 0 bridgehead atoms. The highest BCUT2D eigenvalue weighted by Gasteiger charge is 2.25. The van der Waals surface area contributed by atoms with Crippen molar-refractivity contribution in [2.75, 3.05) is 26.1 Å². The number of amides is 1. The first-order chi connectivity index (χ1) is 13.9. The second kappa shape index (κ2) is 9.03. The van der Waals surface area contributed by atoms with Crippen molar-refractivity contribution in [1.82, 2.24) is 4.98 Å². The number of nitrogens with zero attached hydrogens (tertiary/aromatic N) is 1. The van der Waals surface area contributed by atoms with Gasteiger partial charge in [0.05, 0.1) is 20.8 Å². The molecule has 1 amide bonds. The molecule has 0 saturated carbocycles. The minimum Gasteiger partial charge on any atom is -0.490 e. The normalized spacial score (nSPS) is 13.0. The lowest BCUT2D eigenvalue weighted by molar-refractivity contribution is 0.187. The molecular weight excluding hydrogens is 372 g/mol. The lowest BCUT2D eigenvalue weighted by atomic mass is 9.97. The number of carbonyl (C=O) groups excluding carboxylic acids is 1. The minimum atomic E-state index is -0.568. The van der Waals surface area contributed by atoms with Gasteiger partial charge in [-0.25, -0.2) is 9.78 Å². The third-order valence-electron chi connectivity index (χ3n) is 4.74. The number of hydrogen-bond donors (Lipinski definition) is 1. The van der Waals surface area contributed by atoms with Crippen molar-refractivity contribution >= 4 is 11.9 Å². The van der Waals surface area contributed by atoms with Crippen molar-refractivity contribution in [2.24, 2.45) is 11.8 Å². The zero-order chi connectivity index (χ0) is 21.0. The molecule has 0 aliphatic carbocycles. The summed E-state index contributed by atoms with van der Waals surface area (Å²) < 4.78 is 22.3. The number of anilines is 1. The molecule has 1 aliphatic rings. The van der Waals surface area contributed by atoms with E-state index in [4.69, 9.17) is 14.2 Å². The number of nitrogens with one attached hydrogen (secondary N) is 1. The van der Waals surface area contributed by atoms with Crippen LogP contribution in [0.25, 0.3) is 11.1 Å². The van der Waals surface area contributed by atoms with Crippen LogP contribution in [0.3, 0.4) is 0 Å². The Kier molecular flexibility index (Phi) is 6.46. The fourth-order valence-corrected chi connectivity index (χ4v) is 3.54. The Labute approximate surface area is 171 Å². The van der Waals surface area contributed by atoms with Gasteiger partial charge in [0.1, 0.15) is 12.4 Å². The molecule has 7 nitrogen and oxygen atoms in total. The van der Waals surface area contributed by atoms with E-state index in [2.05, 4.69) is 35.8 Å².